The second-order valence-electron chi connectivity index (χ2n) is 34.1. The summed E-state index contributed by atoms with van der Waals surface area (Å²) in [6.07, 6.45) is 10.6. The van der Waals surface area contributed by atoms with Crippen LogP contribution < -0.4 is 18.9 Å². The highest BCUT2D eigenvalue weighted by atomic mass is 16.6. The molecule has 8 aromatic carbocycles. The van der Waals surface area contributed by atoms with Gasteiger partial charge in [-0.05, 0) is 225 Å². The largest absolute Gasteiger partial charge is 0.508 e. The van der Waals surface area contributed by atoms with E-state index in [2.05, 4.69) is 77.9 Å². The van der Waals surface area contributed by atoms with E-state index in [1.165, 1.54) is 28.8 Å². The van der Waals surface area contributed by atoms with Gasteiger partial charge in [0.05, 0.1) is 62.8 Å². The smallest absolute Gasteiger partial charge is 0.344 e. The molecule has 8 aromatic rings. The van der Waals surface area contributed by atoms with Crippen LogP contribution in [0.2, 0.25) is 0 Å². The Balaban J connectivity index is -0.000000315. The van der Waals surface area contributed by atoms with Crippen LogP contribution in [-0.2, 0) is 118 Å². The Labute approximate surface area is 854 Å². The molecule has 0 aromatic heterocycles. The molecule has 0 spiro atoms. The quantitative estimate of drug-likeness (QED) is 0.0120. The molecule has 23 nitrogen and oxygen atoms in total. The van der Waals surface area contributed by atoms with Crippen LogP contribution in [0.4, 0.5) is 0 Å². The number of phenols is 4. The van der Waals surface area contributed by atoms with E-state index < -0.39 is 29.6 Å². The zero-order valence-corrected chi connectivity index (χ0v) is 79.7. The number of phenolic OH excluding ortho intramolecular Hbond substituents is 4. The third-order valence-corrected chi connectivity index (χ3v) is 23.8. The first kappa shape index (κ1) is 143. The van der Waals surface area contributed by atoms with E-state index in [-0.39, 0.29) is 169 Å². The van der Waals surface area contributed by atoms with Crippen LogP contribution in [0.3, 0.4) is 0 Å². The molecule has 4 N–H and O–H groups in total. The minimum Gasteiger partial charge on any atom is -0.508 e. The summed E-state index contributed by atoms with van der Waals surface area (Å²) in [6.45, 7) is 29.5. The number of aromatic hydroxyl groups is 4. The van der Waals surface area contributed by atoms with Gasteiger partial charge in [0.2, 0.25) is 0 Å². The van der Waals surface area contributed by atoms with E-state index in [0.29, 0.717) is 116 Å². The Kier molecular flexibility index (Phi) is 76.6. The van der Waals surface area contributed by atoms with E-state index in [0.717, 1.165) is 120 Å². The Hall–Kier alpha value is -10.5. The fraction of sp³-hybridized carbons (Fsp3) is 0.551. The van der Waals surface area contributed by atoms with Gasteiger partial charge in [-0.25, -0.2) is 4.79 Å². The van der Waals surface area contributed by atoms with Crippen molar-refractivity contribution in [2.24, 2.45) is 35.0 Å². The predicted molar refractivity (Wildman–Crippen MR) is 581 cm³/mol. The summed E-state index contributed by atoms with van der Waals surface area (Å²) in [4.78, 5) is 60.7. The Morgan fingerprint density at radius 2 is 0.716 bits per heavy atom. The van der Waals surface area contributed by atoms with Gasteiger partial charge in [-0.3, -0.25) is 19.2 Å². The molecule has 141 heavy (non-hydrogen) atoms. The molecule has 0 radical (unpaired) electrons. The molecule has 4 fully saturated rings. The molecule has 0 aliphatic heterocycles. The monoisotopic (exact) mass is 1980 g/mol. The number of aryl methyl sites for hydroxylation is 1. The van der Waals surface area contributed by atoms with Crippen molar-refractivity contribution in [2.75, 3.05) is 75.7 Å². The second kappa shape index (κ2) is 75.3. The summed E-state index contributed by atoms with van der Waals surface area (Å²) in [5.41, 5.74) is 12.0. The van der Waals surface area contributed by atoms with Crippen LogP contribution >= 0.6 is 0 Å². The molecule has 8 atom stereocenters. The van der Waals surface area contributed by atoms with Crippen molar-refractivity contribution in [3.8, 4) is 57.1 Å². The molecular weight excluding hydrogens is 1790 g/mol. The minimum absolute atomic E-state index is 0. The van der Waals surface area contributed by atoms with Gasteiger partial charge in [-0.2, -0.15) is 0 Å². The normalized spacial score (nSPS) is 15.5. The summed E-state index contributed by atoms with van der Waals surface area (Å²) >= 11 is 0. The molecule has 0 heterocycles. The summed E-state index contributed by atoms with van der Waals surface area (Å²) < 4.78 is 76.7. The van der Waals surface area contributed by atoms with Gasteiger partial charge < -0.3 is 86.7 Å². The van der Waals surface area contributed by atoms with Crippen LogP contribution in [0.15, 0.2) is 164 Å². The van der Waals surface area contributed by atoms with Gasteiger partial charge in [0.25, 0.3) is 0 Å². The van der Waals surface area contributed by atoms with E-state index in [1.807, 2.05) is 108 Å². The summed E-state index contributed by atoms with van der Waals surface area (Å²) in [5.74, 6) is 4.29. The van der Waals surface area contributed by atoms with Crippen LogP contribution in [0.5, 0.6) is 46.0 Å². The van der Waals surface area contributed by atoms with E-state index in [4.69, 9.17) is 81.6 Å². The van der Waals surface area contributed by atoms with Crippen LogP contribution in [0.25, 0.3) is 11.1 Å². The average molecular weight is 1980 g/mol. The maximum Gasteiger partial charge on any atom is 0.344 e. The van der Waals surface area contributed by atoms with E-state index >= 15 is 0 Å². The first-order valence-electron chi connectivity index (χ1n) is 45.3. The Morgan fingerprint density at radius 3 is 1.11 bits per heavy atom. The molecule has 4 aliphatic carbocycles. The van der Waals surface area contributed by atoms with Crippen LogP contribution in [0, 0.1) is 41.9 Å². The van der Waals surface area contributed by atoms with Gasteiger partial charge in [0, 0.05) is 82.5 Å². The lowest BCUT2D eigenvalue weighted by atomic mass is 9.48. The zero-order valence-electron chi connectivity index (χ0n) is 79.7. The SMILES string of the molecule is C.C.C.C.C.C.C.C.C.C.C.C.CCC(C)C(=O)OC12CC3CC(C1)CC(C(=O)OCc1cc(COC)c(O)c(COC)c1)(C3)C2.CCC(C)C(=O)OCC(=O)OCCOc1c(COC)cc(C)cc1COC.CCC(C)C(=O)Oc1ccc(O)cc1.CCC(C)c1ccc(O)cc1.CCC(C)c1ccc(O)cc1.CCC(C)c1ccc(OCCOc2c(COC)cc(-c3ccccc3)cc2COC)cc1. The number of carbonyl (C=O) groups excluding carboxylic acids is 5. The first-order chi connectivity index (χ1) is 61.9. The molecule has 0 saturated heterocycles. The van der Waals surface area contributed by atoms with Gasteiger partial charge in [-0.15, -0.1) is 0 Å². The summed E-state index contributed by atoms with van der Waals surface area (Å²) in [5, 5.41) is 37.5. The molecule has 12 rings (SSSR count). The molecule has 4 aliphatic rings. The molecule has 0 amide bonds. The standard InChI is InChI=1S/C28H34O4.C27H38O7.C20H30O7.C11H14O3.2C10H14O.12CH4/c1-5-21(2)22-11-13-27(14-12-22)31-15-16-32-28-25(19-29-3)17-24(18-26(28)20-30-4)23-9-7-6-8-10-23;1-5-17(2)24(29)34-27-11-19-6-20(12-27)10-26(9-19,16-27)25(30)33-13-18-7-21(14-31-3)23(28)22(8-18)15-32-4;1-6-15(3)20(22)27-13-18(21)25-7-8-26-19-16(11-23-4)9-14(2)10-17(19)12-24-5;1-3-8(2)11(13)14-10-6-4-9(12)5-7-10;2*1-3-8(2)9-4-6-10(11)7-5-9;;;;;;;;;;;;/h6-14,17-18,21H,5,15-16,19-20H2,1-4H3;7-8,17,19-20,28H,5-6,9-16H2,1-4H3;9-10,15H,6-8,11-13H2,1-5H3;4-8,12H,3H2,1-2H3;2*4-8,11H,3H2,1-2H3;12*1H4. The lowest BCUT2D eigenvalue weighted by Gasteiger charge is -2.59. The van der Waals surface area contributed by atoms with Crippen molar-refractivity contribution >= 4 is 29.8 Å². The first-order valence-corrected chi connectivity index (χ1v) is 45.3. The van der Waals surface area contributed by atoms with E-state index in [9.17, 15) is 29.1 Å². The topological polar surface area (TPSA) is 295 Å². The van der Waals surface area contributed by atoms with E-state index in [1.54, 1.807) is 98.1 Å². The molecule has 8 unspecified atom stereocenters. The maximum absolute atomic E-state index is 13.5. The lowest BCUT2D eigenvalue weighted by molar-refractivity contribution is -0.215. The fourth-order valence-corrected chi connectivity index (χ4v) is 15.9. The number of esters is 5. The molecule has 4 bridgehead atoms. The van der Waals surface area contributed by atoms with Crippen molar-refractivity contribution in [3.05, 3.63) is 225 Å². The number of carbonyl (C=O) groups is 5. The summed E-state index contributed by atoms with van der Waals surface area (Å²) in [7, 11) is 9.76. The van der Waals surface area contributed by atoms with Crippen molar-refractivity contribution in [2.45, 2.75) is 326 Å². The van der Waals surface area contributed by atoms with Gasteiger partial charge in [0.1, 0.15) is 84.6 Å². The van der Waals surface area contributed by atoms with Crippen molar-refractivity contribution in [1.82, 2.24) is 0 Å². The van der Waals surface area contributed by atoms with Crippen LogP contribution in [0.1, 0.15) is 328 Å². The third-order valence-electron chi connectivity index (χ3n) is 23.8. The van der Waals surface area contributed by atoms with Gasteiger partial charge >= 0.3 is 29.8 Å². The minimum atomic E-state index is -0.603. The molecule has 23 heteroatoms. The molecular formula is C118H192O23. The van der Waals surface area contributed by atoms with Gasteiger partial charge in [-0.1, -0.05) is 257 Å². The third kappa shape index (κ3) is 46.6. The number of rotatable bonds is 41. The number of hydrogen-bond donors (Lipinski definition) is 4. The molecule has 802 valence electrons. The van der Waals surface area contributed by atoms with Crippen molar-refractivity contribution in [1.29, 1.82) is 0 Å². The zero-order chi connectivity index (χ0) is 94.6. The van der Waals surface area contributed by atoms with Crippen molar-refractivity contribution in [3.63, 3.8) is 0 Å². The highest BCUT2D eigenvalue weighted by Crippen LogP contribution is 2.63. The fourth-order valence-electron chi connectivity index (χ4n) is 15.9. The average Bonchev–Trinajstić information content (AvgIpc) is 0.714. The predicted octanol–water partition coefficient (Wildman–Crippen LogP) is 29.9. The Morgan fingerprint density at radius 1 is 0.362 bits per heavy atom. The number of ether oxygens (including phenoxy) is 14. The summed E-state index contributed by atoms with van der Waals surface area (Å²) in [6, 6.07) is 51.4. The van der Waals surface area contributed by atoms with Crippen LogP contribution in [-0.4, -0.2) is 132 Å². The lowest BCUT2D eigenvalue weighted by Crippen LogP contribution is -2.60. The van der Waals surface area contributed by atoms with Crippen molar-refractivity contribution < 1.29 is 111 Å². The highest BCUT2D eigenvalue weighted by molar-refractivity contribution is 5.79. The number of hydrogen-bond acceptors (Lipinski definition) is 23. The number of methoxy groups -OCH3 is 6. The second-order valence-corrected chi connectivity index (χ2v) is 34.1. The van der Waals surface area contributed by atoms with Gasteiger partial charge in [0.15, 0.2) is 6.61 Å². The number of benzene rings is 8. The maximum atomic E-state index is 13.5. The highest BCUT2D eigenvalue weighted by Gasteiger charge is 2.63. The molecule has 4 saturated carbocycles. The Bertz CT molecular complexity index is 4500.